The van der Waals surface area contributed by atoms with Crippen LogP contribution in [0, 0.1) is 6.92 Å². The van der Waals surface area contributed by atoms with Crippen LogP contribution in [0.2, 0.25) is 0 Å². The third-order valence-electron chi connectivity index (χ3n) is 1.42. The molecule has 0 aromatic carbocycles. The van der Waals surface area contributed by atoms with Crippen molar-refractivity contribution in [2.24, 2.45) is 0 Å². The minimum atomic E-state index is 0.403. The number of aromatic nitrogens is 5. The molecule has 6 nitrogen and oxygen atoms in total. The molecule has 2 rings (SSSR count). The van der Waals surface area contributed by atoms with Gasteiger partial charge >= 0.3 is 0 Å². The lowest BCUT2D eigenvalue weighted by Gasteiger charge is -1.94. The van der Waals surface area contributed by atoms with Crippen LogP contribution < -0.4 is 5.73 Å². The van der Waals surface area contributed by atoms with Gasteiger partial charge in [0.25, 0.3) is 0 Å². The minimum absolute atomic E-state index is 0.403. The minimum Gasteiger partial charge on any atom is -0.382 e. The molecule has 72 valence electrons. The largest absolute Gasteiger partial charge is 0.382 e. The van der Waals surface area contributed by atoms with Crippen LogP contribution in [0.3, 0.4) is 0 Å². The van der Waals surface area contributed by atoms with Crippen molar-refractivity contribution in [2.75, 3.05) is 5.73 Å². The quantitative estimate of drug-likeness (QED) is 0.752. The molecule has 0 spiro atoms. The van der Waals surface area contributed by atoms with Crippen LogP contribution in [-0.2, 0) is 0 Å². The number of hydrogen-bond acceptors (Lipinski definition) is 6. The maximum absolute atomic E-state index is 5.40. The number of anilines is 1. The van der Waals surface area contributed by atoms with Gasteiger partial charge < -0.3 is 5.73 Å². The Balaban J connectivity index is 2.15. The number of nitrogens with two attached hydrogens (primary N) is 1. The summed E-state index contributed by atoms with van der Waals surface area (Å²) in [6.45, 7) is 1.84. The first-order valence-electron chi connectivity index (χ1n) is 3.88. The lowest BCUT2D eigenvalue weighted by atomic mass is 10.7. The lowest BCUT2D eigenvalue weighted by Crippen LogP contribution is -1.91. The molecule has 0 radical (unpaired) electrons. The molecular weight excluding hydrogens is 200 g/mol. The Bertz CT molecular complexity index is 422. The monoisotopic (exact) mass is 208 g/mol. The van der Waals surface area contributed by atoms with E-state index in [4.69, 9.17) is 5.73 Å². The van der Waals surface area contributed by atoms with Gasteiger partial charge in [0.15, 0.2) is 0 Å². The van der Waals surface area contributed by atoms with Gasteiger partial charge in [0.05, 0.1) is 12.4 Å². The number of aryl methyl sites for hydroxylation is 1. The zero-order valence-electron chi connectivity index (χ0n) is 7.43. The van der Waals surface area contributed by atoms with Gasteiger partial charge in [-0.2, -0.15) is 0 Å². The number of rotatable bonds is 2. The summed E-state index contributed by atoms with van der Waals surface area (Å²) >= 11 is 1.33. The molecule has 7 heteroatoms. The molecular formula is C7H8N6S. The van der Waals surface area contributed by atoms with E-state index in [0.29, 0.717) is 11.0 Å². The van der Waals surface area contributed by atoms with E-state index in [0.717, 1.165) is 10.9 Å². The van der Waals surface area contributed by atoms with E-state index >= 15 is 0 Å². The fourth-order valence-electron chi connectivity index (χ4n) is 0.840. The molecule has 14 heavy (non-hydrogen) atoms. The zero-order valence-corrected chi connectivity index (χ0v) is 8.25. The highest BCUT2D eigenvalue weighted by molar-refractivity contribution is 7.99. The molecule has 0 unspecified atom stereocenters. The van der Waals surface area contributed by atoms with Gasteiger partial charge in [0, 0.05) is 0 Å². The Morgan fingerprint density at radius 1 is 1.36 bits per heavy atom. The molecule has 0 aliphatic rings. The Morgan fingerprint density at radius 2 is 2.21 bits per heavy atom. The first-order valence-corrected chi connectivity index (χ1v) is 4.70. The van der Waals surface area contributed by atoms with Crippen LogP contribution in [0.5, 0.6) is 0 Å². The van der Waals surface area contributed by atoms with Crippen molar-refractivity contribution >= 4 is 17.6 Å². The molecule has 2 aromatic heterocycles. The van der Waals surface area contributed by atoms with E-state index in [9.17, 15) is 0 Å². The summed E-state index contributed by atoms with van der Waals surface area (Å²) in [6, 6.07) is 0. The Kier molecular flexibility index (Phi) is 2.32. The topological polar surface area (TPSA) is 93.4 Å². The molecule has 3 N–H and O–H groups in total. The summed E-state index contributed by atoms with van der Waals surface area (Å²) in [6.07, 6.45) is 3.09. The van der Waals surface area contributed by atoms with Crippen molar-refractivity contribution < 1.29 is 0 Å². The van der Waals surface area contributed by atoms with Gasteiger partial charge in [0.1, 0.15) is 16.7 Å². The zero-order chi connectivity index (χ0) is 9.97. The number of nitrogens with zero attached hydrogens (tertiary/aromatic N) is 4. The number of nitrogen functional groups attached to an aromatic ring is 1. The molecule has 2 aromatic rings. The van der Waals surface area contributed by atoms with Crippen molar-refractivity contribution in [3.63, 3.8) is 0 Å². The van der Waals surface area contributed by atoms with Gasteiger partial charge in [-0.15, -0.1) is 5.10 Å². The molecule has 0 saturated carbocycles. The summed E-state index contributed by atoms with van der Waals surface area (Å²) in [5.41, 5.74) is 5.40. The summed E-state index contributed by atoms with van der Waals surface area (Å²) in [5.74, 6) is 1.18. The van der Waals surface area contributed by atoms with Gasteiger partial charge in [-0.3, -0.25) is 5.10 Å². The second-order valence-electron chi connectivity index (χ2n) is 2.58. The van der Waals surface area contributed by atoms with E-state index in [1.54, 1.807) is 6.20 Å². The predicted octanol–water partition coefficient (Wildman–Crippen LogP) is 0.637. The van der Waals surface area contributed by atoms with E-state index in [2.05, 4.69) is 25.1 Å². The average molecular weight is 208 g/mol. The molecule has 2 heterocycles. The normalized spacial score (nSPS) is 10.4. The first kappa shape index (κ1) is 8.95. The number of aromatic amines is 1. The molecule has 0 amide bonds. The Hall–Kier alpha value is -1.63. The molecule has 0 fully saturated rings. The third kappa shape index (κ3) is 1.99. The SMILES string of the molecule is Cc1nc(Sc2cnc(N)cn2)n[nH]1. The fourth-order valence-corrected chi connectivity index (χ4v) is 1.51. The highest BCUT2D eigenvalue weighted by Gasteiger charge is 2.03. The van der Waals surface area contributed by atoms with Crippen LogP contribution in [0.25, 0.3) is 0 Å². The van der Waals surface area contributed by atoms with E-state index in [1.807, 2.05) is 6.92 Å². The van der Waals surface area contributed by atoms with Crippen molar-refractivity contribution in [1.82, 2.24) is 25.1 Å². The fraction of sp³-hybridized carbons (Fsp3) is 0.143. The predicted molar refractivity (Wildman–Crippen MR) is 51.7 cm³/mol. The second kappa shape index (κ2) is 3.62. The van der Waals surface area contributed by atoms with Crippen LogP contribution in [0.15, 0.2) is 22.6 Å². The third-order valence-corrected chi connectivity index (χ3v) is 2.21. The van der Waals surface area contributed by atoms with Crippen LogP contribution in [0.1, 0.15) is 5.82 Å². The van der Waals surface area contributed by atoms with Crippen LogP contribution >= 0.6 is 11.8 Å². The highest BCUT2D eigenvalue weighted by Crippen LogP contribution is 2.21. The Morgan fingerprint density at radius 3 is 2.79 bits per heavy atom. The van der Waals surface area contributed by atoms with Crippen molar-refractivity contribution in [2.45, 2.75) is 17.1 Å². The summed E-state index contributed by atoms with van der Waals surface area (Å²) in [4.78, 5) is 12.1. The van der Waals surface area contributed by atoms with E-state index in [1.165, 1.54) is 18.0 Å². The molecule has 0 saturated heterocycles. The van der Waals surface area contributed by atoms with Crippen LogP contribution in [0.4, 0.5) is 5.82 Å². The number of H-pyrrole nitrogens is 1. The van der Waals surface area contributed by atoms with Crippen LogP contribution in [-0.4, -0.2) is 25.1 Å². The van der Waals surface area contributed by atoms with Gasteiger partial charge in [0.2, 0.25) is 5.16 Å². The van der Waals surface area contributed by atoms with E-state index in [-0.39, 0.29) is 0 Å². The van der Waals surface area contributed by atoms with Gasteiger partial charge in [-0.25, -0.2) is 15.0 Å². The summed E-state index contributed by atoms with van der Waals surface area (Å²) in [5, 5.41) is 8.05. The van der Waals surface area contributed by atoms with E-state index < -0.39 is 0 Å². The summed E-state index contributed by atoms with van der Waals surface area (Å²) < 4.78 is 0. The molecule has 0 bridgehead atoms. The maximum Gasteiger partial charge on any atom is 0.214 e. The number of nitrogens with one attached hydrogen (secondary N) is 1. The number of hydrogen-bond donors (Lipinski definition) is 2. The second-order valence-corrected chi connectivity index (χ2v) is 3.57. The molecule has 0 aliphatic carbocycles. The van der Waals surface area contributed by atoms with Gasteiger partial charge in [-0.05, 0) is 18.7 Å². The standard InChI is InChI=1S/C7H8N6S/c1-4-11-7(13-12-4)14-6-3-9-5(8)2-10-6/h2-3H,1H3,(H2,8,9)(H,11,12,13). The smallest absolute Gasteiger partial charge is 0.214 e. The highest BCUT2D eigenvalue weighted by atomic mass is 32.2. The van der Waals surface area contributed by atoms with Crippen molar-refractivity contribution in [3.8, 4) is 0 Å². The summed E-state index contributed by atoms with van der Waals surface area (Å²) in [7, 11) is 0. The lowest BCUT2D eigenvalue weighted by molar-refractivity contribution is 0.961. The van der Waals surface area contributed by atoms with Crippen molar-refractivity contribution in [1.29, 1.82) is 0 Å². The molecule has 0 atom stereocenters. The first-order chi connectivity index (χ1) is 6.74. The maximum atomic E-state index is 5.40. The van der Waals surface area contributed by atoms with Crippen molar-refractivity contribution in [3.05, 3.63) is 18.2 Å². The Labute approximate surface area is 84.4 Å². The molecule has 0 aliphatic heterocycles. The van der Waals surface area contributed by atoms with Gasteiger partial charge in [-0.1, -0.05) is 0 Å². The average Bonchev–Trinajstić information content (AvgIpc) is 2.56.